The molecule has 0 aliphatic rings. The smallest absolute Gasteiger partial charge is 0.348 e. The predicted molar refractivity (Wildman–Crippen MR) is 81.9 cm³/mol. The largest absolute Gasteiger partial charge is 0.462 e. The Bertz CT molecular complexity index is 655. The van der Waals surface area contributed by atoms with Crippen LogP contribution in [0.25, 0.3) is 10.2 Å². The number of carbonyl (C=O) groups excluding carboxylic acids is 1. The first-order valence-electron chi connectivity index (χ1n) is 6.34. The van der Waals surface area contributed by atoms with Gasteiger partial charge in [0.05, 0.1) is 12.0 Å². The number of esters is 1. The van der Waals surface area contributed by atoms with Gasteiger partial charge in [-0.1, -0.05) is 11.6 Å². The Kier molecular flexibility index (Phi) is 4.45. The fourth-order valence-corrected chi connectivity index (χ4v) is 3.25. The molecule has 0 bridgehead atoms. The van der Waals surface area contributed by atoms with Gasteiger partial charge in [0.15, 0.2) is 0 Å². The van der Waals surface area contributed by atoms with Gasteiger partial charge in [0, 0.05) is 6.04 Å². The van der Waals surface area contributed by atoms with Crippen molar-refractivity contribution in [2.24, 2.45) is 0 Å². The van der Waals surface area contributed by atoms with E-state index < -0.39 is 0 Å². The van der Waals surface area contributed by atoms with Gasteiger partial charge in [-0.05, 0) is 33.3 Å². The molecule has 2 aromatic heterocycles. The molecule has 0 saturated carbocycles. The second-order valence-electron chi connectivity index (χ2n) is 4.59. The van der Waals surface area contributed by atoms with E-state index in [2.05, 4.69) is 15.3 Å². The van der Waals surface area contributed by atoms with Crippen LogP contribution in [0.1, 0.15) is 36.0 Å². The van der Waals surface area contributed by atoms with Crippen molar-refractivity contribution in [1.82, 2.24) is 9.97 Å². The van der Waals surface area contributed by atoms with Crippen LogP contribution in [0, 0.1) is 6.92 Å². The molecule has 2 rings (SSSR count). The van der Waals surface area contributed by atoms with Crippen molar-refractivity contribution in [2.45, 2.75) is 33.7 Å². The molecule has 2 aromatic rings. The molecule has 0 aliphatic heterocycles. The van der Waals surface area contributed by atoms with Gasteiger partial charge >= 0.3 is 5.97 Å². The number of anilines is 1. The number of rotatable bonds is 4. The van der Waals surface area contributed by atoms with Crippen LogP contribution in [0.2, 0.25) is 5.15 Å². The van der Waals surface area contributed by atoms with Gasteiger partial charge in [0.2, 0.25) is 5.95 Å². The van der Waals surface area contributed by atoms with Crippen LogP contribution in [-0.2, 0) is 4.74 Å². The Balaban J connectivity index is 2.53. The van der Waals surface area contributed by atoms with Gasteiger partial charge in [0.1, 0.15) is 14.9 Å². The van der Waals surface area contributed by atoms with Crippen molar-refractivity contribution >= 4 is 45.1 Å². The molecule has 0 spiro atoms. The van der Waals surface area contributed by atoms with Crippen LogP contribution in [0.4, 0.5) is 5.95 Å². The van der Waals surface area contributed by atoms with Crippen molar-refractivity contribution in [3.05, 3.63) is 15.6 Å². The summed E-state index contributed by atoms with van der Waals surface area (Å²) in [5, 5.41) is 4.17. The molecule has 0 aliphatic carbocycles. The van der Waals surface area contributed by atoms with E-state index >= 15 is 0 Å². The van der Waals surface area contributed by atoms with E-state index in [1.165, 1.54) is 11.3 Å². The molecule has 0 fully saturated rings. The second kappa shape index (κ2) is 5.93. The molecule has 5 nitrogen and oxygen atoms in total. The molecule has 0 unspecified atom stereocenters. The predicted octanol–water partition coefficient (Wildman–Crippen LogP) is 3.65. The number of halogens is 1. The third-order valence-electron chi connectivity index (χ3n) is 2.62. The summed E-state index contributed by atoms with van der Waals surface area (Å²) in [6, 6.07) is 0.203. The van der Waals surface area contributed by atoms with E-state index in [0.717, 1.165) is 5.56 Å². The van der Waals surface area contributed by atoms with E-state index in [9.17, 15) is 4.79 Å². The molecule has 2 heterocycles. The van der Waals surface area contributed by atoms with Crippen molar-refractivity contribution < 1.29 is 9.53 Å². The average Bonchev–Trinajstić information content (AvgIpc) is 2.66. The number of aromatic nitrogens is 2. The van der Waals surface area contributed by atoms with Crippen LogP contribution in [0.5, 0.6) is 0 Å². The maximum atomic E-state index is 11.9. The summed E-state index contributed by atoms with van der Waals surface area (Å²) in [5.41, 5.74) is 0.768. The number of nitrogens with zero attached hydrogens (tertiary/aromatic N) is 2. The molecule has 0 radical (unpaired) electrons. The highest BCUT2D eigenvalue weighted by Gasteiger charge is 2.20. The number of fused-ring (bicyclic) bond motifs is 1. The first-order valence-corrected chi connectivity index (χ1v) is 7.53. The van der Waals surface area contributed by atoms with Gasteiger partial charge in [-0.2, -0.15) is 0 Å². The standard InChI is InChI=1S/C13H16ClN3O2S/c1-5-19-12(18)9-7(4)8-10(14)16-13(15-6(2)3)17-11(8)20-9/h6H,5H2,1-4H3,(H,15,16,17). The molecule has 1 N–H and O–H groups in total. The van der Waals surface area contributed by atoms with Crippen LogP contribution in [0.15, 0.2) is 0 Å². The lowest BCUT2D eigenvalue weighted by Crippen LogP contribution is -2.12. The fraction of sp³-hybridized carbons (Fsp3) is 0.462. The first-order chi connectivity index (χ1) is 9.43. The highest BCUT2D eigenvalue weighted by Crippen LogP contribution is 2.34. The molecule has 0 saturated heterocycles. The van der Waals surface area contributed by atoms with Gasteiger partial charge in [-0.15, -0.1) is 11.3 Å². The number of hydrogen-bond acceptors (Lipinski definition) is 6. The quantitative estimate of drug-likeness (QED) is 0.689. The Morgan fingerprint density at radius 2 is 2.15 bits per heavy atom. The fourth-order valence-electron chi connectivity index (χ4n) is 1.80. The van der Waals surface area contributed by atoms with E-state index in [1.807, 2.05) is 20.8 Å². The number of thiophene rings is 1. The Labute approximate surface area is 126 Å². The highest BCUT2D eigenvalue weighted by atomic mass is 35.5. The topological polar surface area (TPSA) is 64.1 Å². The first kappa shape index (κ1) is 15.0. The second-order valence-corrected chi connectivity index (χ2v) is 5.95. The lowest BCUT2D eigenvalue weighted by Gasteiger charge is -2.08. The SMILES string of the molecule is CCOC(=O)c1sc2nc(NC(C)C)nc(Cl)c2c1C. The van der Waals surface area contributed by atoms with Crippen molar-refractivity contribution in [3.63, 3.8) is 0 Å². The van der Waals surface area contributed by atoms with Crippen molar-refractivity contribution in [3.8, 4) is 0 Å². The average molecular weight is 314 g/mol. The maximum absolute atomic E-state index is 11.9. The minimum atomic E-state index is -0.345. The zero-order chi connectivity index (χ0) is 14.9. The summed E-state index contributed by atoms with van der Waals surface area (Å²) < 4.78 is 5.04. The van der Waals surface area contributed by atoms with E-state index in [4.69, 9.17) is 16.3 Å². The van der Waals surface area contributed by atoms with E-state index in [0.29, 0.717) is 32.8 Å². The maximum Gasteiger partial charge on any atom is 0.348 e. The van der Waals surface area contributed by atoms with Gasteiger partial charge < -0.3 is 10.1 Å². The third-order valence-corrected chi connectivity index (χ3v) is 4.06. The zero-order valence-electron chi connectivity index (χ0n) is 11.8. The highest BCUT2D eigenvalue weighted by molar-refractivity contribution is 7.20. The molecular weight excluding hydrogens is 298 g/mol. The van der Waals surface area contributed by atoms with E-state index in [-0.39, 0.29) is 12.0 Å². The van der Waals surface area contributed by atoms with Gasteiger partial charge in [0.25, 0.3) is 0 Å². The zero-order valence-corrected chi connectivity index (χ0v) is 13.4. The van der Waals surface area contributed by atoms with Gasteiger partial charge in [-0.3, -0.25) is 0 Å². The lowest BCUT2D eigenvalue weighted by molar-refractivity contribution is 0.0531. The van der Waals surface area contributed by atoms with E-state index in [1.54, 1.807) is 6.92 Å². The Morgan fingerprint density at radius 3 is 2.75 bits per heavy atom. The number of nitrogens with one attached hydrogen (secondary N) is 1. The number of hydrogen-bond donors (Lipinski definition) is 1. The minimum Gasteiger partial charge on any atom is -0.462 e. The third kappa shape index (κ3) is 2.86. The minimum absolute atomic E-state index is 0.203. The van der Waals surface area contributed by atoms with Crippen LogP contribution in [-0.4, -0.2) is 28.6 Å². The van der Waals surface area contributed by atoms with Crippen molar-refractivity contribution in [1.29, 1.82) is 0 Å². The summed E-state index contributed by atoms with van der Waals surface area (Å²) in [5.74, 6) is 0.122. The summed E-state index contributed by atoms with van der Waals surface area (Å²) in [6.45, 7) is 7.93. The number of aryl methyl sites for hydroxylation is 1. The molecule has 108 valence electrons. The number of ether oxygens (including phenoxy) is 1. The Morgan fingerprint density at radius 1 is 1.45 bits per heavy atom. The molecule has 20 heavy (non-hydrogen) atoms. The molecule has 0 atom stereocenters. The summed E-state index contributed by atoms with van der Waals surface area (Å²) in [4.78, 5) is 21.7. The van der Waals surface area contributed by atoms with Crippen LogP contribution < -0.4 is 5.32 Å². The van der Waals surface area contributed by atoms with Crippen LogP contribution in [0.3, 0.4) is 0 Å². The molecular formula is C13H16ClN3O2S. The number of carbonyl (C=O) groups is 1. The lowest BCUT2D eigenvalue weighted by atomic mass is 10.2. The molecule has 0 amide bonds. The summed E-state index contributed by atoms with van der Waals surface area (Å²) in [6.07, 6.45) is 0. The van der Waals surface area contributed by atoms with Gasteiger partial charge in [-0.25, -0.2) is 14.8 Å². The Hall–Kier alpha value is -1.40. The van der Waals surface area contributed by atoms with Crippen LogP contribution >= 0.6 is 22.9 Å². The summed E-state index contributed by atoms with van der Waals surface area (Å²) in [7, 11) is 0. The monoisotopic (exact) mass is 313 g/mol. The molecule has 7 heteroatoms. The van der Waals surface area contributed by atoms with Crippen molar-refractivity contribution in [2.75, 3.05) is 11.9 Å². The molecule has 0 aromatic carbocycles. The summed E-state index contributed by atoms with van der Waals surface area (Å²) >= 11 is 7.49. The normalized spacial score (nSPS) is 11.1.